The van der Waals surface area contributed by atoms with Gasteiger partial charge in [-0.15, -0.1) is 0 Å². The maximum atomic E-state index is 4.44. The number of benzene rings is 1. The normalized spacial score (nSPS) is 21.0. The summed E-state index contributed by atoms with van der Waals surface area (Å²) < 4.78 is 0. The van der Waals surface area contributed by atoms with E-state index in [1.54, 1.807) is 5.57 Å². The van der Waals surface area contributed by atoms with Crippen molar-refractivity contribution in [2.45, 2.75) is 59.7 Å². The van der Waals surface area contributed by atoms with E-state index >= 15 is 0 Å². The highest BCUT2D eigenvalue weighted by Gasteiger charge is 2.13. The molecule has 0 saturated carbocycles. The number of hydrogen-bond donors (Lipinski definition) is 3. The second-order valence-corrected chi connectivity index (χ2v) is 12.0. The van der Waals surface area contributed by atoms with Gasteiger partial charge in [0.25, 0.3) is 0 Å². The number of pyridine rings is 1. The molecule has 0 aliphatic heterocycles. The lowest BCUT2D eigenvalue weighted by atomic mass is 9.88. The molecule has 5 heteroatoms. The van der Waals surface area contributed by atoms with Gasteiger partial charge in [-0.3, -0.25) is 9.88 Å². The molecule has 1 unspecified atom stereocenters. The minimum atomic E-state index is 0.568. The van der Waals surface area contributed by atoms with Gasteiger partial charge in [0, 0.05) is 58.7 Å². The van der Waals surface area contributed by atoms with Crippen LogP contribution >= 0.6 is 0 Å². The largest absolute Gasteiger partial charge is 0.312 e. The fourth-order valence-electron chi connectivity index (χ4n) is 5.46. The molecule has 42 heavy (non-hydrogen) atoms. The first kappa shape index (κ1) is 31.8. The van der Waals surface area contributed by atoms with Crippen LogP contribution in [0.1, 0.15) is 56.9 Å². The topological polar surface area (TPSA) is 52.2 Å². The summed E-state index contributed by atoms with van der Waals surface area (Å²) in [6.07, 6.45) is 20.9. The Morgan fingerprint density at radius 2 is 1.71 bits per heavy atom. The first-order valence-electron chi connectivity index (χ1n) is 15.8. The molecule has 4 rings (SSSR count). The van der Waals surface area contributed by atoms with Crippen LogP contribution in [0.3, 0.4) is 0 Å². The number of nitrogens with zero attached hydrogens (tertiary/aromatic N) is 2. The van der Waals surface area contributed by atoms with Crippen LogP contribution in [0, 0.1) is 11.8 Å². The molecule has 2 atom stereocenters. The van der Waals surface area contributed by atoms with Gasteiger partial charge in [0.2, 0.25) is 0 Å². The lowest BCUT2D eigenvalue weighted by molar-refractivity contribution is 0.247. The number of rotatable bonds is 16. The quantitative estimate of drug-likeness (QED) is 0.156. The van der Waals surface area contributed by atoms with Gasteiger partial charge < -0.3 is 16.0 Å². The van der Waals surface area contributed by atoms with Crippen molar-refractivity contribution in [3.8, 4) is 0 Å². The van der Waals surface area contributed by atoms with Crippen LogP contribution in [0.4, 0.5) is 0 Å². The summed E-state index contributed by atoms with van der Waals surface area (Å²) in [4.78, 5) is 6.93. The molecule has 1 aromatic heterocycles. The maximum absolute atomic E-state index is 4.44. The van der Waals surface area contributed by atoms with E-state index in [0.717, 1.165) is 71.0 Å². The van der Waals surface area contributed by atoms with Crippen LogP contribution in [0.5, 0.6) is 0 Å². The number of allylic oxidation sites excluding steroid dienone is 8. The lowest BCUT2D eigenvalue weighted by Gasteiger charge is -2.24. The summed E-state index contributed by atoms with van der Waals surface area (Å²) in [5.41, 5.74) is 8.23. The van der Waals surface area contributed by atoms with Crippen LogP contribution in [-0.2, 0) is 19.6 Å². The Kier molecular flexibility index (Phi) is 13.5. The van der Waals surface area contributed by atoms with E-state index in [4.69, 9.17) is 0 Å². The zero-order chi connectivity index (χ0) is 29.4. The summed E-state index contributed by atoms with van der Waals surface area (Å²) in [5.74, 6) is 1.22. The highest BCUT2D eigenvalue weighted by Crippen LogP contribution is 2.24. The van der Waals surface area contributed by atoms with E-state index in [-0.39, 0.29) is 0 Å². The van der Waals surface area contributed by atoms with Gasteiger partial charge in [0.15, 0.2) is 0 Å². The zero-order valence-corrected chi connectivity index (χ0v) is 26.0. The molecule has 3 N–H and O–H groups in total. The van der Waals surface area contributed by atoms with Crippen LogP contribution in [-0.4, -0.2) is 42.7 Å². The van der Waals surface area contributed by atoms with E-state index in [9.17, 15) is 0 Å². The van der Waals surface area contributed by atoms with Crippen molar-refractivity contribution in [1.29, 1.82) is 0 Å². The van der Waals surface area contributed by atoms with Gasteiger partial charge in [-0.25, -0.2) is 0 Å². The van der Waals surface area contributed by atoms with E-state index in [1.807, 2.05) is 18.3 Å². The Balaban J connectivity index is 1.25. The summed E-state index contributed by atoms with van der Waals surface area (Å²) in [5, 5.41) is 11.0. The molecule has 2 aromatic rings. The first-order valence-corrected chi connectivity index (χ1v) is 15.8. The summed E-state index contributed by atoms with van der Waals surface area (Å²) in [6.45, 7) is 14.1. The van der Waals surface area contributed by atoms with Gasteiger partial charge >= 0.3 is 0 Å². The lowest BCUT2D eigenvalue weighted by Crippen LogP contribution is -2.39. The number of nitrogens with one attached hydrogen (secondary N) is 3. The predicted octanol–water partition coefficient (Wildman–Crippen LogP) is 6.69. The fraction of sp³-hybridized carbons (Fsp3) is 0.432. The Morgan fingerprint density at radius 3 is 2.52 bits per heavy atom. The maximum Gasteiger partial charge on any atom is 0.0541 e. The highest BCUT2D eigenvalue weighted by atomic mass is 15.2. The third-order valence-corrected chi connectivity index (χ3v) is 8.14. The second-order valence-electron chi connectivity index (χ2n) is 12.0. The number of aromatic nitrogens is 1. The monoisotopic (exact) mass is 565 g/mol. The van der Waals surface area contributed by atoms with Gasteiger partial charge in [-0.05, 0) is 61.3 Å². The van der Waals surface area contributed by atoms with Crippen LogP contribution in [0.15, 0.2) is 108 Å². The molecule has 1 heterocycles. The van der Waals surface area contributed by atoms with Gasteiger partial charge in [-0.1, -0.05) is 103 Å². The number of hydrogen-bond acceptors (Lipinski definition) is 5. The molecular weight excluding hydrogens is 514 g/mol. The molecule has 0 radical (unpaired) electrons. The molecular formula is C37H51N5. The average Bonchev–Trinajstić information content (AvgIpc) is 2.99. The Morgan fingerprint density at radius 1 is 0.881 bits per heavy atom. The SMILES string of the molecule is C\C1=C/C=C\C=C(\CNCN(CCNCc2ccccn2)Cc2ccc(CNC[C@H](C)C3=CC=CC(C)C3)cc2)CC1. The molecule has 2 aliphatic rings. The minimum absolute atomic E-state index is 0.568. The fourth-order valence-corrected chi connectivity index (χ4v) is 5.46. The molecule has 5 nitrogen and oxygen atoms in total. The first-order chi connectivity index (χ1) is 20.5. The standard InChI is InChI=1S/C37H51N5/c1-30-9-4-5-11-33(15-14-30)26-40-29-42(22-21-38-27-37-13-6-7-20-41-37)28-35-18-16-34(17-19-35)25-39-24-32(3)36-12-8-10-31(2)23-36/h4-13,16-20,31-32,38-40H,14-15,21-29H2,1-3H3/b5-4-,30-9+,33-11+/t31?,32-/m0/s1. The summed E-state index contributed by atoms with van der Waals surface area (Å²) in [6, 6.07) is 15.2. The van der Waals surface area contributed by atoms with Crippen molar-refractivity contribution in [1.82, 2.24) is 25.8 Å². The summed E-state index contributed by atoms with van der Waals surface area (Å²) >= 11 is 0. The molecule has 2 aliphatic carbocycles. The van der Waals surface area contributed by atoms with Crippen LogP contribution < -0.4 is 16.0 Å². The van der Waals surface area contributed by atoms with Crippen LogP contribution in [0.2, 0.25) is 0 Å². The van der Waals surface area contributed by atoms with Crippen molar-refractivity contribution >= 4 is 0 Å². The third kappa shape index (κ3) is 11.7. The molecule has 0 bridgehead atoms. The van der Waals surface area contributed by atoms with E-state index in [1.165, 1.54) is 28.7 Å². The molecule has 0 amide bonds. The zero-order valence-electron chi connectivity index (χ0n) is 26.0. The Hall–Kier alpha value is -3.09. The van der Waals surface area contributed by atoms with Crippen molar-refractivity contribution < 1.29 is 0 Å². The highest BCUT2D eigenvalue weighted by molar-refractivity contribution is 5.25. The average molecular weight is 566 g/mol. The molecule has 0 spiro atoms. The van der Waals surface area contributed by atoms with Gasteiger partial charge in [0.05, 0.1) is 5.69 Å². The molecule has 0 fully saturated rings. The predicted molar refractivity (Wildman–Crippen MR) is 178 cm³/mol. The Labute approximate surface area is 254 Å². The van der Waals surface area contributed by atoms with Crippen molar-refractivity contribution in [2.24, 2.45) is 11.8 Å². The van der Waals surface area contributed by atoms with Crippen molar-refractivity contribution in [2.75, 3.05) is 32.8 Å². The van der Waals surface area contributed by atoms with Crippen molar-refractivity contribution in [3.63, 3.8) is 0 Å². The minimum Gasteiger partial charge on any atom is -0.312 e. The van der Waals surface area contributed by atoms with E-state index in [2.05, 4.69) is 119 Å². The van der Waals surface area contributed by atoms with E-state index in [0.29, 0.717) is 11.8 Å². The Bertz CT molecular complexity index is 1220. The molecule has 0 saturated heterocycles. The smallest absolute Gasteiger partial charge is 0.0541 e. The van der Waals surface area contributed by atoms with Crippen LogP contribution in [0.25, 0.3) is 0 Å². The summed E-state index contributed by atoms with van der Waals surface area (Å²) in [7, 11) is 0. The van der Waals surface area contributed by atoms with Gasteiger partial charge in [0.1, 0.15) is 0 Å². The third-order valence-electron chi connectivity index (χ3n) is 8.14. The molecule has 1 aromatic carbocycles. The molecule has 224 valence electrons. The second kappa shape index (κ2) is 17.8. The van der Waals surface area contributed by atoms with Gasteiger partial charge in [-0.2, -0.15) is 0 Å². The van der Waals surface area contributed by atoms with E-state index < -0.39 is 0 Å². The van der Waals surface area contributed by atoms with Crippen molar-refractivity contribution in [3.05, 3.63) is 125 Å².